The zero-order valence-electron chi connectivity index (χ0n) is 3.79. The summed E-state index contributed by atoms with van der Waals surface area (Å²) in [4.78, 5) is 0.958. The summed E-state index contributed by atoms with van der Waals surface area (Å²) in [6.07, 6.45) is 5.06. The van der Waals surface area contributed by atoms with Gasteiger partial charge in [-0.25, -0.2) is 0 Å². The van der Waals surface area contributed by atoms with Crippen molar-refractivity contribution in [1.82, 2.24) is 0 Å². The van der Waals surface area contributed by atoms with Crippen molar-refractivity contribution in [1.29, 1.82) is 0 Å². The van der Waals surface area contributed by atoms with E-state index in [1.54, 1.807) is 11.8 Å². The fourth-order valence-corrected chi connectivity index (χ4v) is 1.09. The summed E-state index contributed by atoms with van der Waals surface area (Å²) in [7, 11) is 0. The summed E-state index contributed by atoms with van der Waals surface area (Å²) < 4.78 is 0. The minimum absolute atomic E-state index is 0.958. The van der Waals surface area contributed by atoms with Crippen LogP contribution in [0.15, 0.2) is 23.3 Å². The lowest BCUT2D eigenvalue weighted by Gasteiger charge is -1.82. The van der Waals surface area contributed by atoms with Gasteiger partial charge in [0.25, 0.3) is 0 Å². The van der Waals surface area contributed by atoms with Crippen LogP contribution in [0.5, 0.6) is 0 Å². The van der Waals surface area contributed by atoms with Gasteiger partial charge in [-0.1, -0.05) is 6.08 Å². The van der Waals surface area contributed by atoms with Crippen LogP contribution < -0.4 is 0 Å². The van der Waals surface area contributed by atoms with Gasteiger partial charge in [-0.05, 0) is 6.08 Å². The molecule has 0 aliphatic carbocycles. The van der Waals surface area contributed by atoms with Crippen LogP contribution in [0.1, 0.15) is 0 Å². The molecule has 38 valence electrons. The van der Waals surface area contributed by atoms with Crippen LogP contribution in [-0.4, -0.2) is 10.9 Å². The predicted octanol–water partition coefficient (Wildman–Crippen LogP) is 1.69. The third-order valence-corrected chi connectivity index (χ3v) is 1.69. The van der Waals surface area contributed by atoms with E-state index in [4.69, 9.17) is 5.11 Å². The molecule has 1 nitrogen and oxygen atoms in total. The molecule has 0 saturated carbocycles. The van der Waals surface area contributed by atoms with Gasteiger partial charge in [0.05, 0.1) is 6.26 Å². The molecule has 1 aliphatic heterocycles. The van der Waals surface area contributed by atoms with E-state index < -0.39 is 0 Å². The SMILES string of the molecule is OC=C1C=CCS1. The van der Waals surface area contributed by atoms with Crippen LogP contribution in [0.3, 0.4) is 0 Å². The average molecular weight is 114 g/mol. The molecule has 0 unspecified atom stereocenters. The highest BCUT2D eigenvalue weighted by Crippen LogP contribution is 2.21. The van der Waals surface area contributed by atoms with Crippen LogP contribution in [-0.2, 0) is 0 Å². The Labute approximate surface area is 46.7 Å². The van der Waals surface area contributed by atoms with Gasteiger partial charge < -0.3 is 5.11 Å². The minimum atomic E-state index is 0.958. The monoisotopic (exact) mass is 114 g/mol. The smallest absolute Gasteiger partial charge is 0.0927 e. The second kappa shape index (κ2) is 2.07. The Kier molecular flexibility index (Phi) is 1.42. The molecule has 1 N–H and O–H groups in total. The first kappa shape index (κ1) is 4.78. The van der Waals surface area contributed by atoms with E-state index in [9.17, 15) is 0 Å². The number of allylic oxidation sites excluding steroid dienone is 1. The van der Waals surface area contributed by atoms with Gasteiger partial charge in [-0.2, -0.15) is 0 Å². The molecule has 0 bridgehead atoms. The van der Waals surface area contributed by atoms with E-state index >= 15 is 0 Å². The summed E-state index contributed by atoms with van der Waals surface area (Å²) in [6, 6.07) is 0. The summed E-state index contributed by atoms with van der Waals surface area (Å²) >= 11 is 1.64. The van der Waals surface area contributed by atoms with Crippen molar-refractivity contribution in [2.24, 2.45) is 0 Å². The molecule has 0 fully saturated rings. The Morgan fingerprint density at radius 3 is 3.00 bits per heavy atom. The van der Waals surface area contributed by atoms with Gasteiger partial charge in [0.15, 0.2) is 0 Å². The maximum atomic E-state index is 8.33. The molecule has 1 aliphatic rings. The number of thioether (sulfide) groups is 1. The molecule has 0 radical (unpaired) electrons. The van der Waals surface area contributed by atoms with Crippen molar-refractivity contribution in [3.05, 3.63) is 23.3 Å². The molecule has 1 heterocycles. The third kappa shape index (κ3) is 0.996. The maximum absolute atomic E-state index is 8.33. The van der Waals surface area contributed by atoms with Crippen LogP contribution in [0.4, 0.5) is 0 Å². The lowest BCUT2D eigenvalue weighted by molar-refractivity contribution is 0.472. The minimum Gasteiger partial charge on any atom is -0.514 e. The van der Waals surface area contributed by atoms with E-state index in [1.165, 1.54) is 0 Å². The van der Waals surface area contributed by atoms with Crippen LogP contribution in [0.25, 0.3) is 0 Å². The topological polar surface area (TPSA) is 20.2 Å². The van der Waals surface area contributed by atoms with Crippen LogP contribution in [0, 0.1) is 0 Å². The van der Waals surface area contributed by atoms with E-state index in [-0.39, 0.29) is 0 Å². The highest BCUT2D eigenvalue weighted by molar-refractivity contribution is 8.03. The van der Waals surface area contributed by atoms with Crippen LogP contribution in [0.2, 0.25) is 0 Å². The molecule has 0 aromatic heterocycles. The van der Waals surface area contributed by atoms with Gasteiger partial charge in [-0.15, -0.1) is 11.8 Å². The van der Waals surface area contributed by atoms with Crippen molar-refractivity contribution in [2.45, 2.75) is 0 Å². The summed E-state index contributed by atoms with van der Waals surface area (Å²) in [6.45, 7) is 0. The fraction of sp³-hybridized carbons (Fsp3) is 0.200. The zero-order chi connectivity index (χ0) is 5.11. The Morgan fingerprint density at radius 1 is 1.86 bits per heavy atom. The lowest BCUT2D eigenvalue weighted by Crippen LogP contribution is -1.59. The van der Waals surface area contributed by atoms with Gasteiger partial charge >= 0.3 is 0 Å². The molecule has 2 heteroatoms. The van der Waals surface area contributed by atoms with Crippen molar-refractivity contribution >= 4 is 11.8 Å². The first-order valence-corrected chi connectivity index (χ1v) is 3.06. The van der Waals surface area contributed by atoms with Crippen LogP contribution >= 0.6 is 11.8 Å². The zero-order valence-corrected chi connectivity index (χ0v) is 4.61. The predicted molar refractivity (Wildman–Crippen MR) is 32.3 cm³/mol. The Balaban J connectivity index is 2.59. The highest BCUT2D eigenvalue weighted by atomic mass is 32.2. The average Bonchev–Trinajstić information content (AvgIpc) is 2.14. The molecule has 0 aromatic rings. The van der Waals surface area contributed by atoms with Crippen molar-refractivity contribution in [3.63, 3.8) is 0 Å². The number of hydrogen-bond donors (Lipinski definition) is 1. The van der Waals surface area contributed by atoms with Gasteiger partial charge in [0.1, 0.15) is 0 Å². The maximum Gasteiger partial charge on any atom is 0.0927 e. The quantitative estimate of drug-likeness (QED) is 0.483. The number of hydrogen-bond acceptors (Lipinski definition) is 2. The Hall–Kier alpha value is -0.370. The second-order valence-electron chi connectivity index (χ2n) is 1.24. The summed E-state index contributed by atoms with van der Waals surface area (Å²) in [5.74, 6) is 1.01. The van der Waals surface area contributed by atoms with Crippen molar-refractivity contribution in [2.75, 3.05) is 5.75 Å². The molecule has 0 saturated heterocycles. The standard InChI is InChI=1S/C5H6OS/c6-4-5-2-1-3-7-5/h1-2,4,6H,3H2. The van der Waals surface area contributed by atoms with E-state index in [2.05, 4.69) is 0 Å². The number of aliphatic hydroxyl groups is 1. The molecular formula is C5H6OS. The number of rotatable bonds is 0. The van der Waals surface area contributed by atoms with E-state index in [1.807, 2.05) is 12.2 Å². The Morgan fingerprint density at radius 2 is 2.71 bits per heavy atom. The number of aliphatic hydroxyl groups excluding tert-OH is 1. The molecule has 0 aromatic carbocycles. The molecular weight excluding hydrogens is 108 g/mol. The van der Waals surface area contributed by atoms with E-state index in [0.717, 1.165) is 16.9 Å². The molecule has 0 amide bonds. The molecule has 7 heavy (non-hydrogen) atoms. The normalized spacial score (nSPS) is 24.3. The largest absolute Gasteiger partial charge is 0.514 e. The second-order valence-corrected chi connectivity index (χ2v) is 2.34. The summed E-state index contributed by atoms with van der Waals surface area (Å²) in [5, 5.41) is 8.33. The molecule has 0 atom stereocenters. The fourth-order valence-electron chi connectivity index (χ4n) is 0.437. The van der Waals surface area contributed by atoms with Gasteiger partial charge in [0.2, 0.25) is 0 Å². The Bertz CT molecular complexity index is 112. The van der Waals surface area contributed by atoms with E-state index in [0.29, 0.717) is 0 Å². The van der Waals surface area contributed by atoms with Gasteiger partial charge in [-0.3, -0.25) is 0 Å². The molecule has 1 rings (SSSR count). The summed E-state index contributed by atoms with van der Waals surface area (Å²) in [5.41, 5.74) is 0. The van der Waals surface area contributed by atoms with Crippen molar-refractivity contribution < 1.29 is 5.11 Å². The first-order chi connectivity index (χ1) is 3.43. The van der Waals surface area contributed by atoms with Crippen molar-refractivity contribution in [3.8, 4) is 0 Å². The molecule has 0 spiro atoms. The lowest BCUT2D eigenvalue weighted by atomic mass is 10.5. The highest BCUT2D eigenvalue weighted by Gasteiger charge is 1.96. The first-order valence-electron chi connectivity index (χ1n) is 2.07. The third-order valence-electron chi connectivity index (χ3n) is 0.756. The van der Waals surface area contributed by atoms with Gasteiger partial charge in [0, 0.05) is 10.7 Å².